The van der Waals surface area contributed by atoms with Gasteiger partial charge in [-0.3, -0.25) is 9.78 Å². The molecule has 1 heterocycles. The van der Waals surface area contributed by atoms with Gasteiger partial charge in [0.1, 0.15) is 11.6 Å². The average Bonchev–Trinajstić information content (AvgIpc) is 2.24. The predicted octanol–water partition coefficient (Wildman–Crippen LogP) is 0.0663. The van der Waals surface area contributed by atoms with Crippen LogP contribution in [0.2, 0.25) is 0 Å². The minimum absolute atomic E-state index is 0.0353. The Morgan fingerprint density at radius 2 is 2.07 bits per heavy atom. The number of carbonyl (C=O) groups is 1. The van der Waals surface area contributed by atoms with E-state index in [0.29, 0.717) is 24.7 Å². The van der Waals surface area contributed by atoms with Crippen molar-refractivity contribution < 1.29 is 4.79 Å². The highest BCUT2D eigenvalue weighted by molar-refractivity contribution is 5.72. The number of rotatable bonds is 5. The molecule has 0 saturated carbocycles. The van der Waals surface area contributed by atoms with Gasteiger partial charge >= 0.3 is 0 Å². The molecule has 6 heteroatoms. The summed E-state index contributed by atoms with van der Waals surface area (Å²) in [5.74, 6) is 1.36. The SMILES string of the molecule is CNc1cncc(NCCNC(C)=O)n1. The van der Waals surface area contributed by atoms with Gasteiger partial charge < -0.3 is 16.0 Å². The molecule has 1 aromatic rings. The number of nitrogens with zero attached hydrogens (tertiary/aromatic N) is 2. The summed E-state index contributed by atoms with van der Waals surface area (Å²) in [6.07, 6.45) is 3.27. The molecule has 1 amide bonds. The van der Waals surface area contributed by atoms with Gasteiger partial charge in [0, 0.05) is 27.1 Å². The molecule has 0 saturated heterocycles. The summed E-state index contributed by atoms with van der Waals surface area (Å²) in [6, 6.07) is 0. The molecule has 0 unspecified atom stereocenters. The van der Waals surface area contributed by atoms with E-state index in [1.54, 1.807) is 19.4 Å². The molecule has 1 rings (SSSR count). The summed E-state index contributed by atoms with van der Waals surface area (Å²) in [5.41, 5.74) is 0. The van der Waals surface area contributed by atoms with Crippen LogP contribution in [0, 0.1) is 0 Å². The van der Waals surface area contributed by atoms with Crippen LogP contribution in [-0.2, 0) is 4.79 Å². The number of nitrogens with one attached hydrogen (secondary N) is 3. The maximum Gasteiger partial charge on any atom is 0.216 e. The monoisotopic (exact) mass is 209 g/mol. The molecule has 82 valence electrons. The maximum absolute atomic E-state index is 10.6. The van der Waals surface area contributed by atoms with Crippen LogP contribution in [0.25, 0.3) is 0 Å². The molecule has 0 aliphatic heterocycles. The van der Waals surface area contributed by atoms with Crippen molar-refractivity contribution in [3.63, 3.8) is 0 Å². The summed E-state index contributed by atoms with van der Waals surface area (Å²) in [7, 11) is 1.78. The fourth-order valence-electron chi connectivity index (χ4n) is 1.00. The first kappa shape index (κ1) is 11.2. The van der Waals surface area contributed by atoms with Gasteiger partial charge in [-0.15, -0.1) is 0 Å². The van der Waals surface area contributed by atoms with Crippen molar-refractivity contribution in [2.45, 2.75) is 6.92 Å². The third-order valence-corrected chi connectivity index (χ3v) is 1.70. The van der Waals surface area contributed by atoms with Gasteiger partial charge in [0.15, 0.2) is 0 Å². The Hall–Kier alpha value is -1.85. The van der Waals surface area contributed by atoms with E-state index in [1.807, 2.05) is 0 Å². The Kier molecular flexibility index (Phi) is 4.33. The van der Waals surface area contributed by atoms with Crippen LogP contribution < -0.4 is 16.0 Å². The van der Waals surface area contributed by atoms with Crippen molar-refractivity contribution in [2.75, 3.05) is 30.8 Å². The molecule has 0 atom stereocenters. The second-order valence-electron chi connectivity index (χ2n) is 2.95. The zero-order valence-corrected chi connectivity index (χ0v) is 8.87. The fourth-order valence-corrected chi connectivity index (χ4v) is 1.00. The van der Waals surface area contributed by atoms with Gasteiger partial charge in [0.2, 0.25) is 5.91 Å². The normalized spacial score (nSPS) is 9.47. The Balaban J connectivity index is 2.33. The zero-order valence-electron chi connectivity index (χ0n) is 8.87. The summed E-state index contributed by atoms with van der Waals surface area (Å²) in [4.78, 5) is 18.8. The molecule has 1 aromatic heterocycles. The fraction of sp³-hybridized carbons (Fsp3) is 0.444. The first-order chi connectivity index (χ1) is 7.22. The Morgan fingerprint density at radius 1 is 1.33 bits per heavy atom. The van der Waals surface area contributed by atoms with Crippen molar-refractivity contribution in [3.8, 4) is 0 Å². The Labute approximate surface area is 88.5 Å². The smallest absolute Gasteiger partial charge is 0.216 e. The lowest BCUT2D eigenvalue weighted by Crippen LogP contribution is -2.26. The molecule has 3 N–H and O–H groups in total. The number of aromatic nitrogens is 2. The van der Waals surface area contributed by atoms with Crippen LogP contribution >= 0.6 is 0 Å². The van der Waals surface area contributed by atoms with E-state index in [4.69, 9.17) is 0 Å². The standard InChI is InChI=1S/C9H15N5O/c1-7(15)12-3-4-13-9-6-11-5-8(10-2)14-9/h5-6H,3-4H2,1-2H3,(H,12,15)(H2,10,13,14). The van der Waals surface area contributed by atoms with Gasteiger partial charge in [0.25, 0.3) is 0 Å². The first-order valence-corrected chi connectivity index (χ1v) is 4.70. The lowest BCUT2D eigenvalue weighted by molar-refractivity contribution is -0.118. The minimum Gasteiger partial charge on any atom is -0.372 e. The summed E-state index contributed by atoms with van der Waals surface area (Å²) in [5, 5.41) is 8.62. The van der Waals surface area contributed by atoms with E-state index in [2.05, 4.69) is 25.9 Å². The molecule has 15 heavy (non-hydrogen) atoms. The van der Waals surface area contributed by atoms with E-state index >= 15 is 0 Å². The second kappa shape index (κ2) is 5.79. The molecule has 0 fully saturated rings. The van der Waals surface area contributed by atoms with Crippen molar-refractivity contribution >= 4 is 17.5 Å². The van der Waals surface area contributed by atoms with E-state index in [9.17, 15) is 4.79 Å². The molecular weight excluding hydrogens is 194 g/mol. The molecule has 0 aliphatic carbocycles. The molecular formula is C9H15N5O. The Morgan fingerprint density at radius 3 is 2.73 bits per heavy atom. The van der Waals surface area contributed by atoms with Crippen LogP contribution in [0.5, 0.6) is 0 Å². The molecule has 6 nitrogen and oxygen atoms in total. The largest absolute Gasteiger partial charge is 0.372 e. The summed E-state index contributed by atoms with van der Waals surface area (Å²) >= 11 is 0. The van der Waals surface area contributed by atoms with Gasteiger partial charge in [-0.25, -0.2) is 4.98 Å². The van der Waals surface area contributed by atoms with Crippen LogP contribution in [0.1, 0.15) is 6.92 Å². The van der Waals surface area contributed by atoms with E-state index < -0.39 is 0 Å². The first-order valence-electron chi connectivity index (χ1n) is 4.70. The van der Waals surface area contributed by atoms with Crippen LogP contribution in [0.4, 0.5) is 11.6 Å². The highest BCUT2D eigenvalue weighted by Gasteiger charge is 1.96. The van der Waals surface area contributed by atoms with E-state index in [1.165, 1.54) is 6.92 Å². The highest BCUT2D eigenvalue weighted by atomic mass is 16.1. The summed E-state index contributed by atoms with van der Waals surface area (Å²) in [6.45, 7) is 2.68. The van der Waals surface area contributed by atoms with Crippen LogP contribution in [0.15, 0.2) is 12.4 Å². The third-order valence-electron chi connectivity index (χ3n) is 1.70. The van der Waals surface area contributed by atoms with E-state index in [-0.39, 0.29) is 5.91 Å². The molecule has 0 aromatic carbocycles. The van der Waals surface area contributed by atoms with Crippen molar-refractivity contribution in [1.29, 1.82) is 0 Å². The third kappa shape index (κ3) is 4.26. The lowest BCUT2D eigenvalue weighted by Gasteiger charge is -2.06. The second-order valence-corrected chi connectivity index (χ2v) is 2.95. The zero-order chi connectivity index (χ0) is 11.1. The lowest BCUT2D eigenvalue weighted by atomic mass is 10.5. The quantitative estimate of drug-likeness (QED) is 0.598. The molecule has 0 spiro atoms. The van der Waals surface area contributed by atoms with Crippen molar-refractivity contribution in [1.82, 2.24) is 15.3 Å². The number of hydrogen-bond acceptors (Lipinski definition) is 5. The van der Waals surface area contributed by atoms with Crippen molar-refractivity contribution in [3.05, 3.63) is 12.4 Å². The number of amides is 1. The minimum atomic E-state index is -0.0353. The highest BCUT2D eigenvalue weighted by Crippen LogP contribution is 2.04. The van der Waals surface area contributed by atoms with Gasteiger partial charge in [0.05, 0.1) is 12.4 Å². The topological polar surface area (TPSA) is 78.9 Å². The number of hydrogen-bond donors (Lipinski definition) is 3. The van der Waals surface area contributed by atoms with Crippen LogP contribution in [0.3, 0.4) is 0 Å². The molecule has 0 aliphatic rings. The number of carbonyl (C=O) groups excluding carboxylic acids is 1. The summed E-state index contributed by atoms with van der Waals surface area (Å²) < 4.78 is 0. The van der Waals surface area contributed by atoms with Gasteiger partial charge in [-0.1, -0.05) is 0 Å². The molecule has 0 radical (unpaired) electrons. The maximum atomic E-state index is 10.6. The molecule has 0 bridgehead atoms. The predicted molar refractivity (Wildman–Crippen MR) is 58.8 cm³/mol. The van der Waals surface area contributed by atoms with Gasteiger partial charge in [-0.05, 0) is 0 Å². The van der Waals surface area contributed by atoms with Gasteiger partial charge in [-0.2, -0.15) is 0 Å². The Bertz CT molecular complexity index is 328. The van der Waals surface area contributed by atoms with E-state index in [0.717, 1.165) is 0 Å². The average molecular weight is 209 g/mol. The van der Waals surface area contributed by atoms with Crippen LogP contribution in [-0.4, -0.2) is 36.0 Å². The number of anilines is 2. The van der Waals surface area contributed by atoms with Crippen molar-refractivity contribution in [2.24, 2.45) is 0 Å².